The molecule has 0 fully saturated rings. The number of carbonyl (C=O) groups is 12. The van der Waals surface area contributed by atoms with Gasteiger partial charge in [-0.25, -0.2) is 0 Å². The Morgan fingerprint density at radius 3 is 0.488 bits per heavy atom. The molecule has 720 valence electrons. The Kier molecular flexibility index (Phi) is 90.2. The molecule has 0 aliphatic carbocycles. The summed E-state index contributed by atoms with van der Waals surface area (Å²) < 4.78 is 62.4. The van der Waals surface area contributed by atoms with Gasteiger partial charge < -0.3 is 56.8 Å². The predicted molar refractivity (Wildman–Crippen MR) is 484 cm³/mol. The third kappa shape index (κ3) is 96.1. The van der Waals surface area contributed by atoms with Gasteiger partial charge in [0.25, 0.3) is 0 Å². The molecule has 0 rings (SSSR count). The van der Waals surface area contributed by atoms with E-state index >= 15 is 0 Å². The zero-order chi connectivity index (χ0) is 91.7. The number of hydrogen-bond donors (Lipinski definition) is 0. The third-order valence-electron chi connectivity index (χ3n) is 21.2. The first-order chi connectivity index (χ1) is 59.3. The fourth-order valence-corrected chi connectivity index (χ4v) is 14.3. The van der Waals surface area contributed by atoms with Crippen molar-refractivity contribution in [2.24, 2.45) is 0 Å². The van der Waals surface area contributed by atoms with Gasteiger partial charge in [0.15, 0.2) is 18.3 Å². The van der Waals surface area contributed by atoms with Crippen LogP contribution in [0.1, 0.15) is 488 Å². The van der Waals surface area contributed by atoms with E-state index in [1.54, 1.807) is 0 Å². The monoisotopic (exact) mass is 1750 g/mol. The molecule has 0 saturated heterocycles. The van der Waals surface area contributed by atoms with Crippen LogP contribution in [0.2, 0.25) is 0 Å². The Balaban J connectivity index is -0.00000177. The zero-order valence-corrected chi connectivity index (χ0v) is 80.1. The van der Waals surface area contributed by atoms with Gasteiger partial charge in [-0.05, 0) is 109 Å². The molecule has 24 heteroatoms. The standard InChI is InChI=1S/C37H68O8.C35H64O8.C27H48O8/c1-5-7-9-11-12-13-18-21-25-29-37(41)45-34(26-22-10-8-6-2)27-23-19-16-14-15-17-20-24-28-36(40)43-31-35(44-33(4)39)30-42-32(3)38;1-5-7-9-11-14-19-23-27-35(39)43-32(24-20-10-8-6-2)25-21-17-15-12-13-16-18-22-26-34(38)41-29-33(42-31(4)37)28-40-30(3)36;1-5-6-7-14-17-25(34-23(3)29)18-15-12-10-8-9-11-13-16-19-27(31)33-21-26(35-24(4)30)20-32-22(2)28/h34-35H,5-31H2,1-4H3;32-33H,5-29H2,1-4H3;25-26H,5-21H2,1-4H3. The van der Waals surface area contributed by atoms with Crippen LogP contribution < -0.4 is 0 Å². The molecule has 0 N–H and O–H groups in total. The van der Waals surface area contributed by atoms with Crippen molar-refractivity contribution in [2.75, 3.05) is 39.6 Å². The summed E-state index contributed by atoms with van der Waals surface area (Å²) in [7, 11) is 0. The molecular formula is C99H180O24. The summed E-state index contributed by atoms with van der Waals surface area (Å²) in [5.41, 5.74) is 0. The third-order valence-corrected chi connectivity index (χ3v) is 21.2. The van der Waals surface area contributed by atoms with Crippen molar-refractivity contribution in [3.05, 3.63) is 0 Å². The lowest BCUT2D eigenvalue weighted by molar-refractivity contribution is -0.164. The van der Waals surface area contributed by atoms with Crippen molar-refractivity contribution in [1.29, 1.82) is 0 Å². The maximum Gasteiger partial charge on any atom is 0.306 e. The lowest BCUT2D eigenvalue weighted by atomic mass is 10.0. The van der Waals surface area contributed by atoms with Crippen LogP contribution in [0.3, 0.4) is 0 Å². The Morgan fingerprint density at radius 2 is 0.301 bits per heavy atom. The summed E-state index contributed by atoms with van der Waals surface area (Å²) in [4.78, 5) is 139. The second kappa shape index (κ2) is 91.8. The van der Waals surface area contributed by atoms with Crippen LogP contribution in [-0.4, -0.2) is 148 Å². The van der Waals surface area contributed by atoms with Crippen molar-refractivity contribution < 1.29 is 114 Å². The first-order valence-corrected chi connectivity index (χ1v) is 49.2. The van der Waals surface area contributed by atoms with Gasteiger partial charge in [-0.2, -0.15) is 0 Å². The first-order valence-electron chi connectivity index (χ1n) is 49.2. The van der Waals surface area contributed by atoms with Crippen molar-refractivity contribution in [3.8, 4) is 0 Å². The topological polar surface area (TPSA) is 316 Å². The molecule has 0 aliphatic rings. The molecule has 0 radical (unpaired) electrons. The Labute approximate surface area is 746 Å². The van der Waals surface area contributed by atoms with Crippen molar-refractivity contribution in [2.45, 2.75) is 524 Å². The van der Waals surface area contributed by atoms with Crippen LogP contribution in [-0.2, 0) is 114 Å². The van der Waals surface area contributed by atoms with Gasteiger partial charge in [-0.15, -0.1) is 0 Å². The van der Waals surface area contributed by atoms with Gasteiger partial charge in [0.2, 0.25) is 0 Å². The van der Waals surface area contributed by atoms with Crippen LogP contribution >= 0.6 is 0 Å². The largest absolute Gasteiger partial charge is 0.463 e. The lowest BCUT2D eigenvalue weighted by Gasteiger charge is -2.18. The summed E-state index contributed by atoms with van der Waals surface area (Å²) in [6, 6.07) is 0. The first kappa shape index (κ1) is 121. The average molecular weight is 1750 g/mol. The Morgan fingerprint density at radius 1 is 0.154 bits per heavy atom. The molecule has 0 aromatic carbocycles. The SMILES string of the molecule is CCCCCCC(CCCCCCCCCCC(=O)OCC(COC(C)=O)OC(C)=O)OC(C)=O.CCCCCCCCCC(=O)OC(CCCCCC)CCCCCCCCCCC(=O)OCC(COC(C)=O)OC(C)=O.CCCCCCCCCCCC(=O)OC(CCCCCC)CCCCCCCCCCC(=O)OCC(COC(C)=O)OC(C)=O. The number of carbonyl (C=O) groups excluding carboxylic acids is 12. The molecule has 0 saturated carbocycles. The number of rotatable bonds is 84. The van der Waals surface area contributed by atoms with Gasteiger partial charge in [0.05, 0.1) is 0 Å². The van der Waals surface area contributed by atoms with E-state index in [0.29, 0.717) is 32.1 Å². The molecule has 0 heterocycles. The van der Waals surface area contributed by atoms with Gasteiger partial charge in [0.1, 0.15) is 58.0 Å². The summed E-state index contributed by atoms with van der Waals surface area (Å²) in [5, 5.41) is 0. The molecule has 6 atom stereocenters. The lowest BCUT2D eigenvalue weighted by Crippen LogP contribution is -2.29. The number of ether oxygens (including phenoxy) is 12. The maximum absolute atomic E-state index is 12.5. The van der Waals surface area contributed by atoms with Crippen LogP contribution in [0, 0.1) is 0 Å². The van der Waals surface area contributed by atoms with Gasteiger partial charge in [-0.1, -0.05) is 298 Å². The summed E-state index contributed by atoms with van der Waals surface area (Å²) in [6.07, 6.45) is 65.4. The summed E-state index contributed by atoms with van der Waals surface area (Å²) in [6.45, 7) is 19.4. The van der Waals surface area contributed by atoms with E-state index in [1.165, 1.54) is 222 Å². The summed E-state index contributed by atoms with van der Waals surface area (Å²) in [5.74, 6) is -4.24. The quantitative estimate of drug-likeness (QED) is 0.0310. The molecule has 0 aromatic rings. The van der Waals surface area contributed by atoms with Crippen LogP contribution in [0.4, 0.5) is 0 Å². The van der Waals surface area contributed by atoms with E-state index in [1.807, 2.05) is 0 Å². The highest BCUT2D eigenvalue weighted by Crippen LogP contribution is 2.23. The molecule has 123 heavy (non-hydrogen) atoms. The summed E-state index contributed by atoms with van der Waals surface area (Å²) >= 11 is 0. The van der Waals surface area contributed by atoms with Gasteiger partial charge in [0, 0.05) is 80.6 Å². The molecule has 0 aromatic heterocycles. The smallest absolute Gasteiger partial charge is 0.306 e. The fourth-order valence-electron chi connectivity index (χ4n) is 14.3. The van der Waals surface area contributed by atoms with Crippen LogP contribution in [0.15, 0.2) is 0 Å². The fraction of sp³-hybridized carbons (Fsp3) is 0.879. The molecule has 6 unspecified atom stereocenters. The second-order valence-electron chi connectivity index (χ2n) is 33.7. The number of hydrogen-bond acceptors (Lipinski definition) is 24. The Hall–Kier alpha value is -6.36. The molecular weight excluding hydrogens is 1570 g/mol. The van der Waals surface area contributed by atoms with Crippen LogP contribution in [0.5, 0.6) is 0 Å². The highest BCUT2D eigenvalue weighted by atomic mass is 16.6. The van der Waals surface area contributed by atoms with E-state index in [4.69, 9.17) is 56.8 Å². The minimum Gasteiger partial charge on any atom is -0.463 e. The molecule has 0 spiro atoms. The highest BCUT2D eigenvalue weighted by molar-refractivity contribution is 5.72. The van der Waals surface area contributed by atoms with E-state index < -0.39 is 54.1 Å². The normalized spacial score (nSPS) is 12.4. The highest BCUT2D eigenvalue weighted by Gasteiger charge is 2.22. The van der Waals surface area contributed by atoms with E-state index in [9.17, 15) is 57.5 Å². The minimum absolute atomic E-state index is 0.00599. The second-order valence-corrected chi connectivity index (χ2v) is 33.7. The molecule has 0 amide bonds. The van der Waals surface area contributed by atoms with Crippen LogP contribution in [0.25, 0.3) is 0 Å². The molecule has 0 bridgehead atoms. The van der Waals surface area contributed by atoms with Gasteiger partial charge >= 0.3 is 71.6 Å². The van der Waals surface area contributed by atoms with Crippen molar-refractivity contribution >= 4 is 71.6 Å². The molecule has 24 nitrogen and oxygen atoms in total. The minimum atomic E-state index is -0.789. The van der Waals surface area contributed by atoms with Crippen molar-refractivity contribution in [1.82, 2.24) is 0 Å². The average Bonchev–Trinajstić information content (AvgIpc) is 0.992. The van der Waals surface area contributed by atoms with Crippen molar-refractivity contribution in [3.63, 3.8) is 0 Å². The van der Waals surface area contributed by atoms with E-state index in [2.05, 4.69) is 34.6 Å². The molecule has 0 aliphatic heterocycles. The number of unbranched alkanes of at least 4 members (excludes halogenated alkanes) is 44. The maximum atomic E-state index is 12.5. The predicted octanol–water partition coefficient (Wildman–Crippen LogP) is 24.5. The Bertz CT molecular complexity index is 2580. The van der Waals surface area contributed by atoms with E-state index in [-0.39, 0.29) is 93.8 Å². The van der Waals surface area contributed by atoms with Gasteiger partial charge in [-0.3, -0.25) is 57.5 Å². The van der Waals surface area contributed by atoms with E-state index in [0.717, 1.165) is 199 Å². The number of esters is 12. The zero-order valence-electron chi connectivity index (χ0n) is 80.1.